The highest BCUT2D eigenvalue weighted by atomic mass is 15.1. The van der Waals surface area contributed by atoms with Crippen LogP contribution in [0.5, 0.6) is 0 Å². The van der Waals surface area contributed by atoms with Crippen LogP contribution in [-0.2, 0) is 0 Å². The fourth-order valence-corrected chi connectivity index (χ4v) is 2.18. The smallest absolute Gasteiger partial charge is 0.222 e. The first-order valence-electron chi connectivity index (χ1n) is 6.74. The maximum absolute atomic E-state index is 5.65. The molecular formula is C17H16N4. The van der Waals surface area contributed by atoms with E-state index >= 15 is 0 Å². The van der Waals surface area contributed by atoms with E-state index in [4.69, 9.17) is 5.73 Å². The van der Waals surface area contributed by atoms with Crippen LogP contribution in [0.25, 0.3) is 11.1 Å². The highest BCUT2D eigenvalue weighted by molar-refractivity contribution is 5.67. The van der Waals surface area contributed by atoms with Crippen molar-refractivity contribution in [1.29, 1.82) is 0 Å². The number of anilines is 3. The van der Waals surface area contributed by atoms with Crippen LogP contribution in [0.15, 0.2) is 60.7 Å². The van der Waals surface area contributed by atoms with Gasteiger partial charge >= 0.3 is 0 Å². The molecule has 0 spiro atoms. The fraction of sp³-hybridized carbons (Fsp3) is 0.0588. The van der Waals surface area contributed by atoms with E-state index in [1.165, 1.54) is 11.1 Å². The lowest BCUT2D eigenvalue weighted by Gasteiger charge is -2.08. The van der Waals surface area contributed by atoms with Crippen LogP contribution >= 0.6 is 0 Å². The molecule has 0 bridgehead atoms. The van der Waals surface area contributed by atoms with E-state index in [2.05, 4.69) is 39.6 Å². The van der Waals surface area contributed by atoms with Crippen LogP contribution in [0.4, 0.5) is 17.5 Å². The number of benzene rings is 2. The Morgan fingerprint density at radius 2 is 1.52 bits per heavy atom. The second-order valence-electron chi connectivity index (χ2n) is 4.82. The standard InChI is InChI=1S/C17H16N4/c1-12-11-16(21-17(18)19-12)20-15-9-7-14(8-10-15)13-5-3-2-4-6-13/h2-11H,1H3,(H3,18,19,20,21). The van der Waals surface area contributed by atoms with Crippen molar-refractivity contribution in [2.75, 3.05) is 11.1 Å². The van der Waals surface area contributed by atoms with Crippen molar-refractivity contribution in [3.63, 3.8) is 0 Å². The van der Waals surface area contributed by atoms with Crippen molar-refractivity contribution in [3.05, 3.63) is 66.4 Å². The van der Waals surface area contributed by atoms with Crippen LogP contribution in [0, 0.1) is 6.92 Å². The van der Waals surface area contributed by atoms with Crippen molar-refractivity contribution < 1.29 is 0 Å². The number of aromatic nitrogens is 2. The number of hydrogen-bond donors (Lipinski definition) is 2. The minimum atomic E-state index is 0.276. The quantitative estimate of drug-likeness (QED) is 0.764. The zero-order valence-corrected chi connectivity index (χ0v) is 11.7. The van der Waals surface area contributed by atoms with E-state index in [0.29, 0.717) is 5.82 Å². The van der Waals surface area contributed by atoms with Gasteiger partial charge in [-0.1, -0.05) is 42.5 Å². The SMILES string of the molecule is Cc1cc(Nc2ccc(-c3ccccc3)cc2)nc(N)n1. The van der Waals surface area contributed by atoms with Crippen LogP contribution in [0.1, 0.15) is 5.69 Å². The molecule has 0 aliphatic rings. The van der Waals surface area contributed by atoms with E-state index in [1.807, 2.05) is 43.3 Å². The predicted octanol–water partition coefficient (Wildman–Crippen LogP) is 3.78. The van der Waals surface area contributed by atoms with Crippen LogP contribution in [-0.4, -0.2) is 9.97 Å². The second-order valence-corrected chi connectivity index (χ2v) is 4.82. The molecule has 3 N–H and O–H groups in total. The van der Waals surface area contributed by atoms with Gasteiger partial charge in [-0.3, -0.25) is 0 Å². The number of nitrogens with zero attached hydrogens (tertiary/aromatic N) is 2. The Kier molecular flexibility index (Phi) is 3.51. The third kappa shape index (κ3) is 3.17. The van der Waals surface area contributed by atoms with E-state index in [1.54, 1.807) is 0 Å². The maximum atomic E-state index is 5.65. The Bertz CT molecular complexity index is 716. The van der Waals surface area contributed by atoms with Gasteiger partial charge in [-0.2, -0.15) is 4.98 Å². The largest absolute Gasteiger partial charge is 0.368 e. The molecule has 0 amide bonds. The van der Waals surface area contributed by atoms with E-state index in [9.17, 15) is 0 Å². The predicted molar refractivity (Wildman–Crippen MR) is 86.3 cm³/mol. The Hall–Kier alpha value is -2.88. The molecule has 4 heteroatoms. The van der Waals surface area contributed by atoms with Crippen molar-refractivity contribution in [2.24, 2.45) is 0 Å². The summed E-state index contributed by atoms with van der Waals surface area (Å²) in [5.74, 6) is 0.978. The summed E-state index contributed by atoms with van der Waals surface area (Å²) in [5, 5.41) is 3.23. The topological polar surface area (TPSA) is 63.8 Å². The molecule has 0 aliphatic carbocycles. The lowest BCUT2D eigenvalue weighted by atomic mass is 10.1. The van der Waals surface area contributed by atoms with Crippen molar-refractivity contribution in [2.45, 2.75) is 6.92 Å². The van der Waals surface area contributed by atoms with Gasteiger partial charge in [0.15, 0.2) is 0 Å². The van der Waals surface area contributed by atoms with Crippen molar-refractivity contribution >= 4 is 17.5 Å². The third-order valence-corrected chi connectivity index (χ3v) is 3.14. The molecule has 0 aliphatic heterocycles. The van der Waals surface area contributed by atoms with Crippen molar-refractivity contribution in [3.8, 4) is 11.1 Å². The first-order chi connectivity index (χ1) is 10.2. The van der Waals surface area contributed by atoms with Gasteiger partial charge in [0, 0.05) is 17.4 Å². The molecule has 3 rings (SSSR count). The zero-order valence-electron chi connectivity index (χ0n) is 11.7. The zero-order chi connectivity index (χ0) is 14.7. The molecule has 2 aromatic carbocycles. The minimum Gasteiger partial charge on any atom is -0.368 e. The highest BCUT2D eigenvalue weighted by Gasteiger charge is 2.01. The number of nitrogens with one attached hydrogen (secondary N) is 1. The average molecular weight is 276 g/mol. The Morgan fingerprint density at radius 1 is 0.857 bits per heavy atom. The summed E-state index contributed by atoms with van der Waals surface area (Å²) in [6, 6.07) is 20.3. The van der Waals surface area contributed by atoms with Gasteiger partial charge in [-0.05, 0) is 30.2 Å². The van der Waals surface area contributed by atoms with Gasteiger partial charge in [0.05, 0.1) is 0 Å². The highest BCUT2D eigenvalue weighted by Crippen LogP contribution is 2.22. The molecule has 1 heterocycles. The average Bonchev–Trinajstić information content (AvgIpc) is 2.48. The molecule has 0 fully saturated rings. The molecule has 0 saturated heterocycles. The summed E-state index contributed by atoms with van der Waals surface area (Å²) in [7, 11) is 0. The monoisotopic (exact) mass is 276 g/mol. The molecule has 1 aromatic heterocycles. The number of aryl methyl sites for hydroxylation is 1. The lowest BCUT2D eigenvalue weighted by Crippen LogP contribution is -2.01. The normalized spacial score (nSPS) is 10.3. The molecule has 21 heavy (non-hydrogen) atoms. The molecule has 104 valence electrons. The molecule has 0 radical (unpaired) electrons. The summed E-state index contributed by atoms with van der Waals surface area (Å²) in [5.41, 5.74) is 9.84. The number of nitrogens with two attached hydrogens (primary N) is 1. The first kappa shape index (κ1) is 13.1. The Balaban J connectivity index is 1.81. The van der Waals surface area contributed by atoms with Crippen LogP contribution < -0.4 is 11.1 Å². The van der Waals surface area contributed by atoms with Crippen LogP contribution in [0.3, 0.4) is 0 Å². The molecule has 3 aromatic rings. The van der Waals surface area contributed by atoms with E-state index < -0.39 is 0 Å². The van der Waals surface area contributed by atoms with Gasteiger partial charge in [0.25, 0.3) is 0 Å². The maximum Gasteiger partial charge on any atom is 0.222 e. The first-order valence-corrected chi connectivity index (χ1v) is 6.74. The number of rotatable bonds is 3. The summed E-state index contributed by atoms with van der Waals surface area (Å²) in [4.78, 5) is 8.22. The number of nitrogen functional groups attached to an aromatic ring is 1. The Morgan fingerprint density at radius 3 is 2.19 bits per heavy atom. The number of hydrogen-bond acceptors (Lipinski definition) is 4. The molecular weight excluding hydrogens is 260 g/mol. The van der Waals surface area contributed by atoms with E-state index in [0.717, 1.165) is 11.4 Å². The minimum absolute atomic E-state index is 0.276. The van der Waals surface area contributed by atoms with Gasteiger partial charge in [-0.15, -0.1) is 0 Å². The summed E-state index contributed by atoms with van der Waals surface area (Å²) >= 11 is 0. The van der Waals surface area contributed by atoms with Gasteiger partial charge in [0.1, 0.15) is 5.82 Å². The van der Waals surface area contributed by atoms with Gasteiger partial charge < -0.3 is 11.1 Å². The second kappa shape index (κ2) is 5.63. The Labute approximate surface area is 123 Å². The fourth-order valence-electron chi connectivity index (χ4n) is 2.18. The van der Waals surface area contributed by atoms with E-state index in [-0.39, 0.29) is 5.95 Å². The summed E-state index contributed by atoms with van der Waals surface area (Å²) in [6.07, 6.45) is 0. The molecule has 4 nitrogen and oxygen atoms in total. The summed E-state index contributed by atoms with van der Waals surface area (Å²) in [6.45, 7) is 1.89. The molecule has 0 unspecified atom stereocenters. The summed E-state index contributed by atoms with van der Waals surface area (Å²) < 4.78 is 0. The molecule has 0 atom stereocenters. The van der Waals surface area contributed by atoms with Crippen LogP contribution in [0.2, 0.25) is 0 Å². The third-order valence-electron chi connectivity index (χ3n) is 3.14. The van der Waals surface area contributed by atoms with Gasteiger partial charge in [0.2, 0.25) is 5.95 Å². The lowest BCUT2D eigenvalue weighted by molar-refractivity contribution is 1.12. The molecule has 0 saturated carbocycles. The van der Waals surface area contributed by atoms with Crippen molar-refractivity contribution in [1.82, 2.24) is 9.97 Å². The van der Waals surface area contributed by atoms with Gasteiger partial charge in [-0.25, -0.2) is 4.98 Å².